The minimum absolute atomic E-state index is 0.118. The van der Waals surface area contributed by atoms with E-state index in [9.17, 15) is 22.4 Å². The van der Waals surface area contributed by atoms with Gasteiger partial charge in [0.15, 0.2) is 11.6 Å². The van der Waals surface area contributed by atoms with Crippen LogP contribution in [0.5, 0.6) is 5.75 Å². The summed E-state index contributed by atoms with van der Waals surface area (Å²) in [5.41, 5.74) is 8.72. The van der Waals surface area contributed by atoms with Crippen LogP contribution >= 0.6 is 11.6 Å². The fraction of sp³-hybridized carbons (Fsp3) is 0.300. The molecule has 0 radical (unpaired) electrons. The van der Waals surface area contributed by atoms with Crippen molar-refractivity contribution in [3.05, 3.63) is 81.9 Å². The molecule has 5 rings (SSSR count). The van der Waals surface area contributed by atoms with Gasteiger partial charge in [0.05, 0.1) is 34.3 Å². The van der Waals surface area contributed by atoms with Crippen molar-refractivity contribution < 1.29 is 27.1 Å². The molecule has 2 aromatic carbocycles. The molecule has 0 aliphatic carbocycles. The summed E-state index contributed by atoms with van der Waals surface area (Å²) >= 11 is 6.53. The molecule has 0 atom stereocenters. The van der Waals surface area contributed by atoms with Crippen LogP contribution in [-0.2, 0) is 19.1 Å². The second-order valence-corrected chi connectivity index (χ2v) is 11.1. The summed E-state index contributed by atoms with van der Waals surface area (Å²) in [6, 6.07) is 10.4. The molecule has 0 bridgehead atoms. The number of nitrogens with one attached hydrogen (secondary N) is 1. The van der Waals surface area contributed by atoms with Gasteiger partial charge in [-0.3, -0.25) is 0 Å². The number of alkyl halides is 3. The zero-order valence-corrected chi connectivity index (χ0v) is 24.4. The van der Waals surface area contributed by atoms with Crippen molar-refractivity contribution in [2.75, 3.05) is 23.4 Å². The Bertz CT molecular complexity index is 1690. The zero-order valence-electron chi connectivity index (χ0n) is 23.6. The van der Waals surface area contributed by atoms with Crippen molar-refractivity contribution >= 4 is 29.1 Å². The Balaban J connectivity index is 1.66. The van der Waals surface area contributed by atoms with Crippen LogP contribution in [0.1, 0.15) is 36.2 Å². The molecular formula is C30H29ClF4N6O2. The van der Waals surface area contributed by atoms with Gasteiger partial charge in [-0.1, -0.05) is 43.6 Å². The number of urea groups is 1. The van der Waals surface area contributed by atoms with Crippen LogP contribution in [-0.4, -0.2) is 33.9 Å². The number of ether oxygens (including phenoxy) is 1. The van der Waals surface area contributed by atoms with Crippen molar-refractivity contribution in [2.24, 2.45) is 11.7 Å². The van der Waals surface area contributed by atoms with Crippen LogP contribution in [0.15, 0.2) is 48.7 Å². The maximum Gasteiger partial charge on any atom is 0.417 e. The number of aromatic nitrogens is 3. The molecule has 43 heavy (non-hydrogen) atoms. The highest BCUT2D eigenvalue weighted by Crippen LogP contribution is 2.40. The maximum absolute atomic E-state index is 15.0. The van der Waals surface area contributed by atoms with E-state index in [4.69, 9.17) is 27.2 Å². The minimum Gasteiger partial charge on any atom is -0.491 e. The second kappa shape index (κ2) is 11.8. The Morgan fingerprint density at radius 1 is 1.21 bits per heavy atom. The van der Waals surface area contributed by atoms with Gasteiger partial charge in [0.1, 0.15) is 11.4 Å². The molecule has 226 valence electrons. The molecule has 0 saturated carbocycles. The number of nitrogens with two attached hydrogens (primary N) is 1. The fourth-order valence-electron chi connectivity index (χ4n) is 5.00. The Morgan fingerprint density at radius 2 is 1.98 bits per heavy atom. The number of rotatable bonds is 7. The number of carbonyl (C=O) groups is 1. The second-order valence-electron chi connectivity index (χ2n) is 10.7. The number of primary amides is 1. The third-order valence-electron chi connectivity index (χ3n) is 6.97. The van der Waals surface area contributed by atoms with Crippen molar-refractivity contribution in [3.8, 4) is 22.7 Å². The lowest BCUT2D eigenvalue weighted by atomic mass is 10.00. The average molecular weight is 617 g/mol. The first kappa shape index (κ1) is 30.1. The number of pyridine rings is 1. The summed E-state index contributed by atoms with van der Waals surface area (Å²) in [5, 5.41) is 7.66. The molecule has 1 aliphatic rings. The van der Waals surface area contributed by atoms with Gasteiger partial charge in [-0.15, -0.1) is 0 Å². The molecule has 2 amide bonds. The van der Waals surface area contributed by atoms with Crippen molar-refractivity contribution in [1.82, 2.24) is 14.8 Å². The number of halogens is 5. The van der Waals surface area contributed by atoms with Gasteiger partial charge >= 0.3 is 12.2 Å². The van der Waals surface area contributed by atoms with Crippen molar-refractivity contribution in [1.29, 1.82) is 0 Å². The maximum atomic E-state index is 15.0. The third kappa shape index (κ3) is 6.24. The summed E-state index contributed by atoms with van der Waals surface area (Å²) in [6.07, 6.45) is -3.71. The summed E-state index contributed by atoms with van der Waals surface area (Å²) in [7, 11) is 0. The molecule has 1 aliphatic heterocycles. The molecule has 3 heterocycles. The number of aryl methyl sites for hydroxylation is 1. The van der Waals surface area contributed by atoms with Crippen LogP contribution in [0, 0.1) is 18.7 Å². The Kier molecular flexibility index (Phi) is 8.24. The molecule has 8 nitrogen and oxygen atoms in total. The molecule has 0 saturated heterocycles. The summed E-state index contributed by atoms with van der Waals surface area (Å²) in [5.74, 6) is -0.378. The number of anilines is 2. The van der Waals surface area contributed by atoms with Gasteiger partial charge in [0.2, 0.25) is 0 Å². The largest absolute Gasteiger partial charge is 0.491 e. The topological polar surface area (TPSA) is 98.3 Å². The normalized spacial score (nSPS) is 13.3. The molecule has 0 fully saturated rings. The molecule has 13 heteroatoms. The van der Waals surface area contributed by atoms with E-state index in [1.807, 2.05) is 39.0 Å². The predicted molar refractivity (Wildman–Crippen MR) is 156 cm³/mol. The highest BCUT2D eigenvalue weighted by atomic mass is 35.5. The van der Waals surface area contributed by atoms with Crippen LogP contribution in [0.2, 0.25) is 5.02 Å². The number of hydrogen-bond donors (Lipinski definition) is 2. The van der Waals surface area contributed by atoms with E-state index in [1.54, 1.807) is 27.8 Å². The summed E-state index contributed by atoms with van der Waals surface area (Å²) in [6.45, 7) is 6.89. The number of benzene rings is 2. The van der Waals surface area contributed by atoms with Crippen LogP contribution in [0.4, 0.5) is 33.9 Å². The predicted octanol–water partition coefficient (Wildman–Crippen LogP) is 7.14. The monoisotopic (exact) mass is 616 g/mol. The minimum atomic E-state index is -4.71. The molecular weight excluding hydrogens is 588 g/mol. The smallest absolute Gasteiger partial charge is 0.417 e. The van der Waals surface area contributed by atoms with Crippen LogP contribution < -0.4 is 20.7 Å². The first-order chi connectivity index (χ1) is 20.3. The Morgan fingerprint density at radius 3 is 2.63 bits per heavy atom. The summed E-state index contributed by atoms with van der Waals surface area (Å²) < 4.78 is 62.4. The number of para-hydroxylation sites is 1. The zero-order chi connectivity index (χ0) is 31.1. The van der Waals surface area contributed by atoms with Crippen LogP contribution in [0.3, 0.4) is 0 Å². The summed E-state index contributed by atoms with van der Waals surface area (Å²) in [4.78, 5) is 16.9. The quantitative estimate of drug-likeness (QED) is 0.215. The molecule has 0 spiro atoms. The lowest BCUT2D eigenvalue weighted by Crippen LogP contribution is -2.32. The van der Waals surface area contributed by atoms with E-state index in [0.29, 0.717) is 53.7 Å². The van der Waals surface area contributed by atoms with Gasteiger partial charge in [-0.2, -0.15) is 18.3 Å². The number of amides is 2. The van der Waals surface area contributed by atoms with E-state index in [2.05, 4.69) is 10.3 Å². The van der Waals surface area contributed by atoms with E-state index in [1.165, 1.54) is 0 Å². The lowest BCUT2D eigenvalue weighted by molar-refractivity contribution is -0.138. The van der Waals surface area contributed by atoms with Gasteiger partial charge in [0, 0.05) is 36.8 Å². The standard InChI is InChI=1S/C30H29ClF4N6O2/c1-16(2)15-43-25-6-4-5-17(3)26(25)41-27(18-7-8-24(21(31)11-18)38-29(36)42)20-14-40(10-9-23(20)39-41)28-22(32)12-19(13-37-28)30(33,34)35/h4-8,11-13,16H,9-10,14-15H2,1-3H3,(H3,36,38,42). The van der Waals surface area contributed by atoms with Gasteiger partial charge in [-0.05, 0) is 42.7 Å². The molecule has 0 unspecified atom stereocenters. The highest BCUT2D eigenvalue weighted by molar-refractivity contribution is 6.34. The van der Waals surface area contributed by atoms with E-state index in [-0.39, 0.29) is 29.8 Å². The van der Waals surface area contributed by atoms with Gasteiger partial charge in [-0.25, -0.2) is 18.9 Å². The first-order valence-electron chi connectivity index (χ1n) is 13.5. The molecule has 2 aromatic heterocycles. The number of hydrogen-bond acceptors (Lipinski definition) is 5. The molecule has 4 aromatic rings. The Labute approximate surface area is 250 Å². The van der Waals surface area contributed by atoms with Gasteiger partial charge < -0.3 is 20.7 Å². The highest BCUT2D eigenvalue weighted by Gasteiger charge is 2.34. The fourth-order valence-corrected chi connectivity index (χ4v) is 5.23. The molecule has 3 N–H and O–H groups in total. The van der Waals surface area contributed by atoms with E-state index < -0.39 is 23.6 Å². The number of fused-ring (bicyclic) bond motifs is 1. The lowest BCUT2D eigenvalue weighted by Gasteiger charge is -2.28. The Hall–Kier alpha value is -4.32. The number of nitrogens with zero attached hydrogens (tertiary/aromatic N) is 4. The average Bonchev–Trinajstić information content (AvgIpc) is 3.30. The van der Waals surface area contributed by atoms with E-state index in [0.717, 1.165) is 16.8 Å². The SMILES string of the molecule is Cc1cccc(OCC(C)C)c1-n1nc2c(c1-c1ccc(NC(N)=O)c(Cl)c1)CN(c1ncc(C(F)(F)F)cc1F)CC2. The first-order valence-corrected chi connectivity index (χ1v) is 13.9. The number of carbonyl (C=O) groups excluding carboxylic acids is 1. The van der Waals surface area contributed by atoms with Crippen LogP contribution in [0.25, 0.3) is 16.9 Å². The van der Waals surface area contributed by atoms with Crippen molar-refractivity contribution in [3.63, 3.8) is 0 Å². The van der Waals surface area contributed by atoms with Crippen molar-refractivity contribution in [2.45, 2.75) is 39.9 Å². The van der Waals surface area contributed by atoms with E-state index >= 15 is 0 Å². The third-order valence-corrected chi connectivity index (χ3v) is 7.28. The van der Waals surface area contributed by atoms with Gasteiger partial charge in [0.25, 0.3) is 0 Å².